The lowest BCUT2D eigenvalue weighted by atomic mass is 10.1. The van der Waals surface area contributed by atoms with Gasteiger partial charge >= 0.3 is 0 Å². The molecule has 2 aromatic heterocycles. The number of thiophene rings is 1. The largest absolute Gasteiger partial charge is 0.385 e. The molecule has 4 rings (SSSR count). The fourth-order valence-electron chi connectivity index (χ4n) is 2.97. The van der Waals surface area contributed by atoms with E-state index in [0.717, 1.165) is 44.6 Å². The highest BCUT2D eigenvalue weighted by Gasteiger charge is 2.08. The SMILES string of the molecule is CCCCc1ccc(N=Nc2cc3sc(N=Nc4ccc(NCC)cc4)nc3s2)cc1. The van der Waals surface area contributed by atoms with Gasteiger partial charge in [-0.3, -0.25) is 0 Å². The average molecular weight is 449 g/mol. The first kappa shape index (κ1) is 21.3. The zero-order chi connectivity index (χ0) is 21.5. The Morgan fingerprint density at radius 2 is 1.55 bits per heavy atom. The molecule has 0 aliphatic heterocycles. The minimum atomic E-state index is 0.642. The van der Waals surface area contributed by atoms with Gasteiger partial charge < -0.3 is 5.32 Å². The van der Waals surface area contributed by atoms with Crippen LogP contribution in [0.5, 0.6) is 0 Å². The number of aryl methyl sites for hydroxylation is 1. The monoisotopic (exact) mass is 448 g/mol. The molecule has 0 amide bonds. The van der Waals surface area contributed by atoms with Crippen LogP contribution in [0.2, 0.25) is 0 Å². The van der Waals surface area contributed by atoms with E-state index in [1.165, 1.54) is 41.1 Å². The number of benzene rings is 2. The number of azo groups is 2. The Labute approximate surface area is 189 Å². The van der Waals surface area contributed by atoms with Crippen molar-refractivity contribution < 1.29 is 0 Å². The summed E-state index contributed by atoms with van der Waals surface area (Å²) in [7, 11) is 0. The summed E-state index contributed by atoms with van der Waals surface area (Å²) in [6, 6.07) is 18.2. The molecule has 0 saturated heterocycles. The Morgan fingerprint density at radius 1 is 0.839 bits per heavy atom. The van der Waals surface area contributed by atoms with Crippen molar-refractivity contribution in [2.45, 2.75) is 33.1 Å². The molecule has 0 saturated carbocycles. The van der Waals surface area contributed by atoms with E-state index in [2.05, 4.69) is 56.7 Å². The van der Waals surface area contributed by atoms with Crippen LogP contribution in [0.1, 0.15) is 32.3 Å². The molecule has 2 heterocycles. The number of thiazole rings is 1. The third kappa shape index (κ3) is 5.80. The topological polar surface area (TPSA) is 74.4 Å². The van der Waals surface area contributed by atoms with Crippen molar-refractivity contribution >= 4 is 59.4 Å². The van der Waals surface area contributed by atoms with E-state index in [1.54, 1.807) is 0 Å². The normalized spacial score (nSPS) is 11.8. The highest BCUT2D eigenvalue weighted by molar-refractivity contribution is 7.30. The first-order chi connectivity index (χ1) is 15.2. The molecule has 6 nitrogen and oxygen atoms in total. The van der Waals surface area contributed by atoms with Crippen molar-refractivity contribution in [1.29, 1.82) is 0 Å². The molecule has 0 bridgehead atoms. The Kier molecular flexibility index (Phi) is 7.11. The van der Waals surface area contributed by atoms with Crippen LogP contribution in [0.25, 0.3) is 9.53 Å². The van der Waals surface area contributed by atoms with E-state index in [1.807, 2.05) is 42.5 Å². The Bertz CT molecular complexity index is 1140. The summed E-state index contributed by atoms with van der Waals surface area (Å²) < 4.78 is 1.05. The fourth-order valence-corrected chi connectivity index (χ4v) is 4.82. The van der Waals surface area contributed by atoms with Crippen molar-refractivity contribution in [2.75, 3.05) is 11.9 Å². The number of fused-ring (bicyclic) bond motifs is 1. The van der Waals surface area contributed by atoms with Gasteiger partial charge in [0.15, 0.2) is 0 Å². The van der Waals surface area contributed by atoms with E-state index in [-0.39, 0.29) is 0 Å². The fraction of sp³-hybridized carbons (Fsp3) is 0.261. The molecule has 1 N–H and O–H groups in total. The van der Waals surface area contributed by atoms with Gasteiger partial charge in [-0.05, 0) is 67.8 Å². The lowest BCUT2D eigenvalue weighted by Gasteiger charge is -2.01. The molecule has 0 aliphatic rings. The molecule has 0 spiro atoms. The van der Waals surface area contributed by atoms with Gasteiger partial charge in [0.2, 0.25) is 5.13 Å². The maximum absolute atomic E-state index is 4.55. The molecule has 8 heteroatoms. The van der Waals surface area contributed by atoms with Crippen molar-refractivity contribution in [3.8, 4) is 0 Å². The maximum atomic E-state index is 4.55. The van der Waals surface area contributed by atoms with Crippen LogP contribution in [-0.2, 0) is 6.42 Å². The summed E-state index contributed by atoms with van der Waals surface area (Å²) in [5, 5.41) is 22.0. The average Bonchev–Trinajstić information content (AvgIpc) is 3.35. The number of hydrogen-bond acceptors (Lipinski definition) is 8. The van der Waals surface area contributed by atoms with Crippen LogP contribution in [0.3, 0.4) is 0 Å². The van der Waals surface area contributed by atoms with Gasteiger partial charge in [0.05, 0.1) is 16.1 Å². The summed E-state index contributed by atoms with van der Waals surface area (Å²) in [6.07, 6.45) is 3.53. The van der Waals surface area contributed by atoms with Crippen LogP contribution in [0, 0.1) is 0 Å². The predicted molar refractivity (Wildman–Crippen MR) is 132 cm³/mol. The van der Waals surface area contributed by atoms with Crippen molar-refractivity contribution in [2.24, 2.45) is 20.5 Å². The number of unbranched alkanes of at least 4 members (excludes halogenated alkanes) is 1. The predicted octanol–water partition coefficient (Wildman–Crippen LogP) is 8.96. The molecular formula is C23H24N6S2. The third-order valence-corrected chi connectivity index (χ3v) is 6.51. The van der Waals surface area contributed by atoms with Crippen LogP contribution in [-0.4, -0.2) is 11.5 Å². The molecule has 2 aromatic carbocycles. The van der Waals surface area contributed by atoms with E-state index in [4.69, 9.17) is 0 Å². The molecule has 0 unspecified atom stereocenters. The first-order valence-corrected chi connectivity index (χ1v) is 12.0. The molecule has 0 radical (unpaired) electrons. The van der Waals surface area contributed by atoms with Crippen LogP contribution in [0.4, 0.5) is 27.2 Å². The first-order valence-electron chi connectivity index (χ1n) is 10.4. The third-order valence-electron chi connectivity index (χ3n) is 4.58. The van der Waals surface area contributed by atoms with Gasteiger partial charge in [-0.1, -0.05) is 48.2 Å². The minimum Gasteiger partial charge on any atom is -0.385 e. The lowest BCUT2D eigenvalue weighted by Crippen LogP contribution is -1.94. The minimum absolute atomic E-state index is 0.642. The zero-order valence-electron chi connectivity index (χ0n) is 17.6. The number of rotatable bonds is 9. The van der Waals surface area contributed by atoms with Crippen molar-refractivity contribution in [3.05, 3.63) is 60.2 Å². The Balaban J connectivity index is 1.39. The number of nitrogens with one attached hydrogen (secondary N) is 1. The second kappa shape index (κ2) is 10.4. The number of hydrogen-bond donors (Lipinski definition) is 1. The highest BCUT2D eigenvalue weighted by Crippen LogP contribution is 2.39. The quantitative estimate of drug-likeness (QED) is 0.259. The molecule has 4 aromatic rings. The number of aromatic nitrogens is 1. The molecule has 158 valence electrons. The lowest BCUT2D eigenvalue weighted by molar-refractivity contribution is 0.795. The van der Waals surface area contributed by atoms with Gasteiger partial charge in [0.1, 0.15) is 9.83 Å². The summed E-state index contributed by atoms with van der Waals surface area (Å²) in [4.78, 5) is 5.46. The second-order valence-corrected chi connectivity index (χ2v) is 9.02. The van der Waals surface area contributed by atoms with Crippen molar-refractivity contribution in [1.82, 2.24) is 4.98 Å². The molecule has 0 fully saturated rings. The van der Waals surface area contributed by atoms with Crippen LogP contribution >= 0.6 is 22.7 Å². The van der Waals surface area contributed by atoms with Crippen molar-refractivity contribution in [3.63, 3.8) is 0 Å². The number of nitrogens with zero attached hydrogens (tertiary/aromatic N) is 5. The van der Waals surface area contributed by atoms with Gasteiger partial charge in [0, 0.05) is 12.2 Å². The van der Waals surface area contributed by atoms with E-state index in [9.17, 15) is 0 Å². The van der Waals surface area contributed by atoms with E-state index < -0.39 is 0 Å². The van der Waals surface area contributed by atoms with Gasteiger partial charge in [-0.15, -0.1) is 20.5 Å². The standard InChI is InChI=1S/C23H24N6S2/c1-3-5-6-16-7-9-18(10-8-16)26-28-21-15-20-22(31-21)25-23(30-20)29-27-19-13-11-17(12-14-19)24-4-2/h7-15,24H,3-6H2,1-2H3. The van der Waals surface area contributed by atoms with Crippen LogP contribution < -0.4 is 5.32 Å². The highest BCUT2D eigenvalue weighted by atomic mass is 32.1. The molecule has 0 atom stereocenters. The molecule has 0 aliphatic carbocycles. The summed E-state index contributed by atoms with van der Waals surface area (Å²) in [5.74, 6) is 0. The van der Waals surface area contributed by atoms with Gasteiger partial charge in [-0.25, -0.2) is 4.98 Å². The maximum Gasteiger partial charge on any atom is 0.231 e. The van der Waals surface area contributed by atoms with Crippen LogP contribution in [0.15, 0.2) is 75.1 Å². The number of anilines is 1. The van der Waals surface area contributed by atoms with Gasteiger partial charge in [0.25, 0.3) is 0 Å². The van der Waals surface area contributed by atoms with E-state index >= 15 is 0 Å². The van der Waals surface area contributed by atoms with E-state index in [0.29, 0.717) is 5.13 Å². The summed E-state index contributed by atoms with van der Waals surface area (Å²) >= 11 is 3.01. The van der Waals surface area contributed by atoms with Gasteiger partial charge in [-0.2, -0.15) is 0 Å². The zero-order valence-corrected chi connectivity index (χ0v) is 19.2. The summed E-state index contributed by atoms with van der Waals surface area (Å²) in [5.41, 5.74) is 4.08. The smallest absolute Gasteiger partial charge is 0.231 e. The Morgan fingerprint density at radius 3 is 2.23 bits per heavy atom. The second-order valence-electron chi connectivity index (χ2n) is 7.00. The summed E-state index contributed by atoms with van der Waals surface area (Å²) in [6.45, 7) is 5.17. The molecule has 31 heavy (non-hydrogen) atoms. The Hall–Kier alpha value is -2.97. The molecular weight excluding hydrogens is 424 g/mol.